The number of para-hydroxylation sites is 1. The fourth-order valence-corrected chi connectivity index (χ4v) is 3.66. The molecule has 0 saturated heterocycles. The van der Waals surface area contributed by atoms with Gasteiger partial charge in [-0.3, -0.25) is 9.59 Å². The molecule has 0 saturated carbocycles. The van der Waals surface area contributed by atoms with Crippen molar-refractivity contribution in [1.29, 1.82) is 0 Å². The zero-order chi connectivity index (χ0) is 19.2. The fourth-order valence-electron chi connectivity index (χ4n) is 3.66. The van der Waals surface area contributed by atoms with Gasteiger partial charge in [0.15, 0.2) is 0 Å². The SMILES string of the molecule is CC(C)(O)CN1Cc2ccc(Cc3cc4ccccc4[nH]c3=O)cc2C1=O. The number of β-amino-alcohol motifs (C(OH)–C–C–N with tert-alkyl or cyclic N) is 1. The van der Waals surface area contributed by atoms with Crippen molar-refractivity contribution >= 4 is 16.8 Å². The summed E-state index contributed by atoms with van der Waals surface area (Å²) in [5, 5.41) is 11.0. The summed E-state index contributed by atoms with van der Waals surface area (Å²) in [6.07, 6.45) is 0.465. The number of rotatable bonds is 4. The first-order chi connectivity index (χ1) is 12.8. The molecule has 138 valence electrons. The first-order valence-corrected chi connectivity index (χ1v) is 9.04. The summed E-state index contributed by atoms with van der Waals surface area (Å²) in [6.45, 7) is 4.19. The number of fused-ring (bicyclic) bond motifs is 2. The third-order valence-electron chi connectivity index (χ3n) is 4.86. The molecule has 0 spiro atoms. The van der Waals surface area contributed by atoms with E-state index in [1.54, 1.807) is 18.7 Å². The number of nitrogens with one attached hydrogen (secondary N) is 1. The average Bonchev–Trinajstić information content (AvgIpc) is 2.90. The van der Waals surface area contributed by atoms with Gasteiger partial charge in [0.2, 0.25) is 0 Å². The molecular formula is C22H22N2O3. The Balaban J connectivity index is 1.62. The molecule has 1 amide bonds. The van der Waals surface area contributed by atoms with Crippen LogP contribution in [0, 0.1) is 0 Å². The number of nitrogens with zero attached hydrogens (tertiary/aromatic N) is 1. The monoisotopic (exact) mass is 362 g/mol. The summed E-state index contributed by atoms with van der Waals surface area (Å²) in [6, 6.07) is 15.4. The predicted octanol–water partition coefficient (Wildman–Crippen LogP) is 2.85. The number of H-pyrrole nitrogens is 1. The Morgan fingerprint density at radius 3 is 2.67 bits per heavy atom. The van der Waals surface area contributed by atoms with Crippen LogP contribution in [0.1, 0.15) is 40.9 Å². The van der Waals surface area contributed by atoms with E-state index in [0.29, 0.717) is 30.6 Å². The summed E-state index contributed by atoms with van der Waals surface area (Å²) >= 11 is 0. The third-order valence-corrected chi connectivity index (χ3v) is 4.86. The zero-order valence-corrected chi connectivity index (χ0v) is 15.5. The van der Waals surface area contributed by atoms with Crippen molar-refractivity contribution in [1.82, 2.24) is 9.88 Å². The quantitative estimate of drug-likeness (QED) is 0.750. The molecule has 27 heavy (non-hydrogen) atoms. The number of aliphatic hydroxyl groups is 1. The first kappa shape index (κ1) is 17.5. The summed E-state index contributed by atoms with van der Waals surface area (Å²) in [5.41, 5.74) is 3.00. The van der Waals surface area contributed by atoms with Gasteiger partial charge in [0, 0.05) is 36.2 Å². The van der Waals surface area contributed by atoms with Crippen LogP contribution in [0.4, 0.5) is 0 Å². The van der Waals surface area contributed by atoms with Crippen LogP contribution in [0.25, 0.3) is 10.9 Å². The van der Waals surface area contributed by atoms with E-state index in [4.69, 9.17) is 0 Å². The number of amides is 1. The van der Waals surface area contributed by atoms with Crippen molar-refractivity contribution in [3.8, 4) is 0 Å². The molecule has 3 aromatic rings. The molecule has 2 aromatic carbocycles. The molecule has 1 aliphatic heterocycles. The number of hydrogen-bond donors (Lipinski definition) is 2. The van der Waals surface area contributed by atoms with Gasteiger partial charge in [0.25, 0.3) is 11.5 Å². The van der Waals surface area contributed by atoms with Crippen molar-refractivity contribution in [3.05, 3.63) is 81.1 Å². The van der Waals surface area contributed by atoms with Crippen LogP contribution in [0.15, 0.2) is 53.3 Å². The number of hydrogen-bond acceptors (Lipinski definition) is 3. The molecule has 5 heteroatoms. The molecule has 2 N–H and O–H groups in total. The van der Waals surface area contributed by atoms with Crippen LogP contribution in [0.3, 0.4) is 0 Å². The van der Waals surface area contributed by atoms with Crippen molar-refractivity contribution < 1.29 is 9.90 Å². The Kier molecular flexibility index (Phi) is 4.12. The molecule has 1 aliphatic rings. The van der Waals surface area contributed by atoms with E-state index in [-0.39, 0.29) is 11.5 Å². The van der Waals surface area contributed by atoms with Crippen molar-refractivity contribution in [2.75, 3.05) is 6.54 Å². The maximum atomic E-state index is 12.7. The van der Waals surface area contributed by atoms with Crippen molar-refractivity contribution in [3.63, 3.8) is 0 Å². The lowest BCUT2D eigenvalue weighted by atomic mass is 10.0. The Morgan fingerprint density at radius 2 is 1.89 bits per heavy atom. The second-order valence-electron chi connectivity index (χ2n) is 7.85. The molecule has 0 fully saturated rings. The van der Waals surface area contributed by atoms with Crippen LogP contribution in [0.2, 0.25) is 0 Å². The second-order valence-corrected chi connectivity index (χ2v) is 7.85. The topological polar surface area (TPSA) is 73.4 Å². The second kappa shape index (κ2) is 6.35. The number of carbonyl (C=O) groups is 1. The van der Waals surface area contributed by atoms with E-state index >= 15 is 0 Å². The zero-order valence-electron chi connectivity index (χ0n) is 15.5. The molecule has 5 nitrogen and oxygen atoms in total. The third kappa shape index (κ3) is 3.51. The minimum absolute atomic E-state index is 0.0682. The highest BCUT2D eigenvalue weighted by atomic mass is 16.3. The molecule has 0 aliphatic carbocycles. The van der Waals surface area contributed by atoms with E-state index in [1.165, 1.54) is 0 Å². The highest BCUT2D eigenvalue weighted by molar-refractivity contribution is 5.98. The standard InChI is InChI=1S/C22H22N2O3/c1-22(2,27)13-24-12-16-8-7-14(10-18(16)21(24)26)9-17-11-15-5-3-4-6-19(15)23-20(17)25/h3-8,10-11,27H,9,12-13H2,1-2H3,(H,23,25). The summed E-state index contributed by atoms with van der Waals surface area (Å²) in [4.78, 5) is 29.6. The number of pyridine rings is 1. The molecule has 2 heterocycles. The van der Waals surface area contributed by atoms with E-state index in [1.807, 2.05) is 48.5 Å². The van der Waals surface area contributed by atoms with Crippen molar-refractivity contribution in [2.45, 2.75) is 32.4 Å². The van der Waals surface area contributed by atoms with Crippen molar-refractivity contribution in [2.24, 2.45) is 0 Å². The van der Waals surface area contributed by atoms with E-state index < -0.39 is 5.60 Å². The fraction of sp³-hybridized carbons (Fsp3) is 0.273. The number of aromatic nitrogens is 1. The molecule has 0 radical (unpaired) electrons. The van der Waals surface area contributed by atoms with Gasteiger partial charge in [-0.2, -0.15) is 0 Å². The van der Waals surface area contributed by atoms with Crippen LogP contribution in [-0.4, -0.2) is 33.0 Å². The predicted molar refractivity (Wildman–Crippen MR) is 105 cm³/mol. The first-order valence-electron chi connectivity index (χ1n) is 9.04. The largest absolute Gasteiger partial charge is 0.389 e. The van der Waals surface area contributed by atoms with E-state index in [9.17, 15) is 14.7 Å². The van der Waals surface area contributed by atoms with Gasteiger partial charge in [0.1, 0.15) is 0 Å². The highest BCUT2D eigenvalue weighted by Crippen LogP contribution is 2.26. The van der Waals surface area contributed by atoms with Crippen LogP contribution in [-0.2, 0) is 13.0 Å². The number of benzene rings is 2. The molecule has 0 bridgehead atoms. The Morgan fingerprint density at radius 1 is 1.11 bits per heavy atom. The minimum Gasteiger partial charge on any atom is -0.389 e. The Hall–Kier alpha value is -2.92. The highest BCUT2D eigenvalue weighted by Gasteiger charge is 2.31. The maximum Gasteiger partial charge on any atom is 0.254 e. The average molecular weight is 362 g/mol. The van der Waals surface area contributed by atoms with Gasteiger partial charge in [-0.1, -0.05) is 30.3 Å². The molecule has 0 unspecified atom stereocenters. The lowest BCUT2D eigenvalue weighted by molar-refractivity contribution is 0.0314. The summed E-state index contributed by atoms with van der Waals surface area (Å²) < 4.78 is 0. The van der Waals surface area contributed by atoms with Gasteiger partial charge < -0.3 is 15.0 Å². The lowest BCUT2D eigenvalue weighted by Gasteiger charge is -2.24. The molecule has 4 rings (SSSR count). The lowest BCUT2D eigenvalue weighted by Crippen LogP contribution is -2.38. The van der Waals surface area contributed by atoms with Gasteiger partial charge >= 0.3 is 0 Å². The van der Waals surface area contributed by atoms with Crippen LogP contribution >= 0.6 is 0 Å². The van der Waals surface area contributed by atoms with Crippen LogP contribution < -0.4 is 5.56 Å². The minimum atomic E-state index is -0.932. The normalized spacial score (nSPS) is 14.0. The van der Waals surface area contributed by atoms with Crippen LogP contribution in [0.5, 0.6) is 0 Å². The Bertz CT molecular complexity index is 1090. The number of aromatic amines is 1. The van der Waals surface area contributed by atoms with Gasteiger partial charge in [-0.25, -0.2) is 0 Å². The molecule has 0 atom stereocenters. The smallest absolute Gasteiger partial charge is 0.254 e. The van der Waals surface area contributed by atoms with E-state index in [2.05, 4.69) is 4.98 Å². The maximum absolute atomic E-state index is 12.7. The van der Waals surface area contributed by atoms with Gasteiger partial charge in [0.05, 0.1) is 5.60 Å². The van der Waals surface area contributed by atoms with Gasteiger partial charge in [-0.05, 0) is 48.6 Å². The molecule has 1 aromatic heterocycles. The summed E-state index contributed by atoms with van der Waals surface area (Å²) in [7, 11) is 0. The Labute approximate surface area is 157 Å². The molecular weight excluding hydrogens is 340 g/mol. The summed E-state index contributed by atoms with van der Waals surface area (Å²) in [5.74, 6) is -0.0682. The number of carbonyl (C=O) groups excluding carboxylic acids is 1. The van der Waals surface area contributed by atoms with E-state index in [0.717, 1.165) is 22.0 Å². The van der Waals surface area contributed by atoms with Gasteiger partial charge in [-0.15, -0.1) is 0 Å².